The number of halogens is 3. The predicted octanol–water partition coefficient (Wildman–Crippen LogP) is 4.95. The van der Waals surface area contributed by atoms with Crippen LogP contribution in [0.4, 0.5) is 13.2 Å². The molecular weight excluding hydrogens is 519 g/mol. The Morgan fingerprint density at radius 1 is 1.07 bits per heavy atom. The van der Waals surface area contributed by atoms with Crippen molar-refractivity contribution in [2.45, 2.75) is 51.0 Å². The Hall–Kier alpha value is -2.91. The van der Waals surface area contributed by atoms with E-state index in [0.29, 0.717) is 31.6 Å². The van der Waals surface area contributed by atoms with E-state index in [1.807, 2.05) is 19.0 Å². The third-order valence-electron chi connectivity index (χ3n) is 8.44. The molecule has 4 atom stereocenters. The smallest absolute Gasteiger partial charge is 0.254 e. The molecule has 2 fully saturated rings. The van der Waals surface area contributed by atoms with Gasteiger partial charge in [0, 0.05) is 37.0 Å². The number of carbonyl (C=O) groups is 2. The maximum atomic E-state index is 15.1. The molecule has 0 aromatic heterocycles. The van der Waals surface area contributed by atoms with Gasteiger partial charge in [-0.25, -0.2) is 13.2 Å². The lowest BCUT2D eigenvalue weighted by Crippen LogP contribution is -2.61. The van der Waals surface area contributed by atoms with Crippen LogP contribution in [0.2, 0.25) is 0 Å². The summed E-state index contributed by atoms with van der Waals surface area (Å²) < 4.78 is 45.0. The Bertz CT molecular complexity index is 1190. The van der Waals surface area contributed by atoms with Crippen LogP contribution in [-0.4, -0.2) is 90.8 Å². The van der Waals surface area contributed by atoms with Crippen LogP contribution in [0.25, 0.3) is 0 Å². The number of alkyl halides is 2. The van der Waals surface area contributed by atoms with Gasteiger partial charge in [0.1, 0.15) is 11.6 Å². The lowest BCUT2D eigenvalue weighted by molar-refractivity contribution is -0.146. The highest BCUT2D eigenvalue weighted by atomic mass is 19.3. The van der Waals surface area contributed by atoms with Gasteiger partial charge >= 0.3 is 0 Å². The van der Waals surface area contributed by atoms with Crippen molar-refractivity contribution in [2.24, 2.45) is 11.8 Å². The van der Waals surface area contributed by atoms with Gasteiger partial charge in [0.15, 0.2) is 5.78 Å². The van der Waals surface area contributed by atoms with E-state index < -0.39 is 41.9 Å². The van der Waals surface area contributed by atoms with Gasteiger partial charge < -0.3 is 14.9 Å². The fourth-order valence-corrected chi connectivity index (χ4v) is 6.44. The van der Waals surface area contributed by atoms with Crippen molar-refractivity contribution >= 4 is 11.7 Å². The van der Waals surface area contributed by atoms with Crippen molar-refractivity contribution < 1.29 is 27.9 Å². The molecule has 2 aromatic carbocycles. The van der Waals surface area contributed by atoms with E-state index in [1.54, 1.807) is 34.9 Å². The zero-order valence-corrected chi connectivity index (χ0v) is 23.5. The maximum absolute atomic E-state index is 15.1. The molecule has 2 aliphatic heterocycles. The molecule has 4 rings (SSSR count). The van der Waals surface area contributed by atoms with Crippen LogP contribution in [0, 0.1) is 24.6 Å². The van der Waals surface area contributed by atoms with Gasteiger partial charge in [0.2, 0.25) is 5.91 Å². The molecule has 0 aliphatic carbocycles. The average molecular weight is 560 g/mol. The molecular formula is C31H40F3N3O3. The summed E-state index contributed by atoms with van der Waals surface area (Å²) in [6.07, 6.45) is 0.159. The summed E-state index contributed by atoms with van der Waals surface area (Å²) in [7, 11) is 3.90. The first-order valence-corrected chi connectivity index (χ1v) is 14.1. The van der Waals surface area contributed by atoms with Crippen LogP contribution in [-0.2, 0) is 4.79 Å². The largest absolute Gasteiger partial charge is 0.508 e. The van der Waals surface area contributed by atoms with Crippen LogP contribution in [0.1, 0.15) is 53.1 Å². The second-order valence-corrected chi connectivity index (χ2v) is 11.4. The van der Waals surface area contributed by atoms with Crippen molar-refractivity contribution in [1.82, 2.24) is 14.7 Å². The lowest BCUT2D eigenvalue weighted by atomic mass is 9.66. The minimum atomic E-state index is -2.83. The van der Waals surface area contributed by atoms with Crippen molar-refractivity contribution in [3.8, 4) is 5.75 Å². The predicted molar refractivity (Wildman–Crippen MR) is 148 cm³/mol. The highest BCUT2D eigenvalue weighted by Gasteiger charge is 2.54. The number of carbonyl (C=O) groups excluding carboxylic acids is 2. The van der Waals surface area contributed by atoms with Gasteiger partial charge in [0.05, 0.1) is 12.0 Å². The summed E-state index contributed by atoms with van der Waals surface area (Å²) in [5, 5.41) is 10.1. The Morgan fingerprint density at radius 2 is 1.77 bits per heavy atom. The summed E-state index contributed by atoms with van der Waals surface area (Å²) in [5.41, 5.74) is 0.904. The van der Waals surface area contributed by atoms with Crippen molar-refractivity contribution in [1.29, 1.82) is 0 Å². The van der Waals surface area contributed by atoms with E-state index in [0.717, 1.165) is 25.8 Å². The number of phenols is 1. The second-order valence-electron chi connectivity index (χ2n) is 11.4. The molecule has 0 saturated carbocycles. The van der Waals surface area contributed by atoms with E-state index >= 15 is 8.78 Å². The van der Waals surface area contributed by atoms with Crippen LogP contribution >= 0.6 is 0 Å². The molecule has 0 spiro atoms. The number of aromatic hydroxyl groups is 1. The number of nitrogens with zero attached hydrogens (tertiary/aromatic N) is 3. The zero-order valence-electron chi connectivity index (χ0n) is 23.5. The number of benzene rings is 2. The fourth-order valence-electron chi connectivity index (χ4n) is 6.44. The Kier molecular flexibility index (Phi) is 9.90. The molecule has 1 amide bonds. The van der Waals surface area contributed by atoms with E-state index in [2.05, 4.69) is 0 Å². The van der Waals surface area contributed by atoms with E-state index in [-0.39, 0.29) is 29.2 Å². The van der Waals surface area contributed by atoms with E-state index in [9.17, 15) is 19.1 Å². The molecule has 0 unspecified atom stereocenters. The van der Waals surface area contributed by atoms with E-state index in [4.69, 9.17) is 0 Å². The van der Waals surface area contributed by atoms with Crippen LogP contribution < -0.4 is 0 Å². The van der Waals surface area contributed by atoms with Crippen molar-refractivity contribution in [2.75, 3.05) is 46.8 Å². The molecule has 2 saturated heterocycles. The van der Waals surface area contributed by atoms with Gasteiger partial charge in [0.25, 0.3) is 6.43 Å². The van der Waals surface area contributed by atoms with Gasteiger partial charge in [-0.2, -0.15) is 0 Å². The molecule has 9 heteroatoms. The number of likely N-dealkylation sites (tertiary alicyclic amines) is 2. The summed E-state index contributed by atoms with van der Waals surface area (Å²) in [6, 6.07) is 9.00. The topological polar surface area (TPSA) is 64.1 Å². The van der Waals surface area contributed by atoms with Gasteiger partial charge in [-0.3, -0.25) is 14.5 Å². The van der Waals surface area contributed by atoms with Crippen LogP contribution in [0.3, 0.4) is 0 Å². The first-order chi connectivity index (χ1) is 19.1. The number of piperidine rings is 1. The molecule has 0 bridgehead atoms. The maximum Gasteiger partial charge on any atom is 0.254 e. The number of ketones is 1. The second kappa shape index (κ2) is 13.2. The molecule has 0 radical (unpaired) electrons. The summed E-state index contributed by atoms with van der Waals surface area (Å²) >= 11 is 0. The standard InChI is InChI=1S/C31H40F3N3O3/c1-20-23(12-9-13-25(20)32)26-24(29(39)21-10-8-11-22(38)18-21)19-37(17-5-4-14-35(2)3)28(30(33)34)27(26)31(40)36-15-6-7-16-36/h8-13,18,24,26-28,30,38H,4-7,14-17,19H2,1-3H3/t24-,26+,27-,28-/m1/s1. The number of phenolic OH excluding ortho intramolecular Hbond substituents is 1. The fraction of sp³-hybridized carbons (Fsp3) is 0.548. The molecule has 2 aromatic rings. The van der Waals surface area contributed by atoms with Crippen molar-refractivity contribution in [3.05, 3.63) is 65.0 Å². The first kappa shape index (κ1) is 30.1. The summed E-state index contributed by atoms with van der Waals surface area (Å²) in [6.45, 7) is 3.65. The summed E-state index contributed by atoms with van der Waals surface area (Å²) in [5.74, 6) is -4.41. The quantitative estimate of drug-likeness (QED) is 0.330. The van der Waals surface area contributed by atoms with Gasteiger partial charge in [-0.15, -0.1) is 0 Å². The molecule has 6 nitrogen and oxygen atoms in total. The average Bonchev–Trinajstić information content (AvgIpc) is 3.46. The Labute approximate surface area is 234 Å². The van der Waals surface area contributed by atoms with Crippen LogP contribution in [0.15, 0.2) is 42.5 Å². The highest BCUT2D eigenvalue weighted by molar-refractivity contribution is 5.99. The first-order valence-electron chi connectivity index (χ1n) is 14.1. The number of rotatable bonds is 10. The normalized spacial score (nSPS) is 23.8. The highest BCUT2D eigenvalue weighted by Crippen LogP contribution is 2.46. The Balaban J connectivity index is 1.84. The number of unbranched alkanes of at least 4 members (excludes halogenated alkanes) is 1. The zero-order chi connectivity index (χ0) is 29.0. The van der Waals surface area contributed by atoms with Gasteiger partial charge in [-0.05, 0) is 89.1 Å². The third kappa shape index (κ3) is 6.52. The number of hydrogen-bond acceptors (Lipinski definition) is 5. The molecule has 2 aliphatic rings. The number of Topliss-reactive ketones (excluding diaryl/α,β-unsaturated/α-hetero) is 1. The van der Waals surface area contributed by atoms with Gasteiger partial charge in [-0.1, -0.05) is 24.3 Å². The third-order valence-corrected chi connectivity index (χ3v) is 8.44. The lowest BCUT2D eigenvalue weighted by Gasteiger charge is -2.49. The molecule has 2 heterocycles. The monoisotopic (exact) mass is 559 g/mol. The SMILES string of the molecule is Cc1c(F)cccc1[C@@H]1[C@@H](C(=O)N2CCCC2)[C@H](C(F)F)N(CCCCN(C)C)C[C@H]1C(=O)c1cccc(O)c1. The Morgan fingerprint density at radius 3 is 2.42 bits per heavy atom. The molecule has 40 heavy (non-hydrogen) atoms. The number of hydrogen-bond donors (Lipinski definition) is 1. The molecule has 1 N–H and O–H groups in total. The van der Waals surface area contributed by atoms with E-state index in [1.165, 1.54) is 24.3 Å². The molecule has 218 valence electrons. The minimum Gasteiger partial charge on any atom is -0.508 e. The van der Waals surface area contributed by atoms with Crippen molar-refractivity contribution in [3.63, 3.8) is 0 Å². The summed E-state index contributed by atoms with van der Waals surface area (Å²) in [4.78, 5) is 33.5. The minimum absolute atomic E-state index is 0.00978. The van der Waals surface area contributed by atoms with Crippen LogP contribution in [0.5, 0.6) is 5.75 Å². The number of amides is 1.